The van der Waals surface area contributed by atoms with Gasteiger partial charge < -0.3 is 26.6 Å². The number of nitrogens with two attached hydrogens (primary N) is 1. The van der Waals surface area contributed by atoms with Crippen molar-refractivity contribution >= 4 is 35.3 Å². The molecule has 0 aromatic heterocycles. The summed E-state index contributed by atoms with van der Waals surface area (Å²) in [5, 5.41) is 8.64. The molecule has 4 saturated carbocycles. The predicted molar refractivity (Wildman–Crippen MR) is 163 cm³/mol. The van der Waals surface area contributed by atoms with Crippen LogP contribution in [0.15, 0.2) is 0 Å². The Morgan fingerprint density at radius 2 is 1.52 bits per heavy atom. The number of fused-ring (bicyclic) bond motifs is 1. The summed E-state index contributed by atoms with van der Waals surface area (Å²) in [6.45, 7) is 10.1. The summed E-state index contributed by atoms with van der Waals surface area (Å²) < 4.78 is 0. The number of hydrogen-bond acceptors (Lipinski definition) is 6. The van der Waals surface area contributed by atoms with Gasteiger partial charge >= 0.3 is 6.03 Å². The monoisotopic (exact) mass is 613 g/mol. The molecule has 0 spiro atoms. The van der Waals surface area contributed by atoms with Crippen molar-refractivity contribution in [2.75, 3.05) is 6.54 Å². The van der Waals surface area contributed by atoms with Crippen LogP contribution < -0.4 is 21.7 Å². The van der Waals surface area contributed by atoms with Crippen LogP contribution >= 0.6 is 0 Å². The minimum Gasteiger partial charge on any atom is -0.363 e. The van der Waals surface area contributed by atoms with E-state index in [0.29, 0.717) is 13.0 Å². The van der Waals surface area contributed by atoms with Crippen LogP contribution in [-0.2, 0) is 24.0 Å². The van der Waals surface area contributed by atoms with Crippen LogP contribution in [-0.4, -0.2) is 70.9 Å². The molecule has 1 heterocycles. The molecule has 5 amide bonds. The van der Waals surface area contributed by atoms with E-state index in [-0.39, 0.29) is 46.7 Å². The molecule has 11 nitrogen and oxygen atoms in total. The van der Waals surface area contributed by atoms with Gasteiger partial charge in [-0.05, 0) is 66.6 Å². The molecule has 44 heavy (non-hydrogen) atoms. The van der Waals surface area contributed by atoms with E-state index in [1.165, 1.54) is 0 Å². The van der Waals surface area contributed by atoms with Crippen LogP contribution in [0.5, 0.6) is 0 Å². The lowest BCUT2D eigenvalue weighted by Crippen LogP contribution is -2.62. The first-order valence-electron chi connectivity index (χ1n) is 16.7. The van der Waals surface area contributed by atoms with Crippen molar-refractivity contribution in [3.8, 4) is 0 Å². The van der Waals surface area contributed by atoms with E-state index in [1.807, 2.05) is 20.8 Å². The Labute approximate surface area is 260 Å². The van der Waals surface area contributed by atoms with E-state index in [2.05, 4.69) is 29.8 Å². The molecule has 0 aromatic carbocycles. The summed E-state index contributed by atoms with van der Waals surface area (Å²) in [6, 6.07) is -3.94. The van der Waals surface area contributed by atoms with Crippen molar-refractivity contribution in [1.82, 2.24) is 20.9 Å². The van der Waals surface area contributed by atoms with Gasteiger partial charge in [-0.15, -0.1) is 0 Å². The molecule has 1 saturated heterocycles. The highest BCUT2D eigenvalue weighted by molar-refractivity contribution is 6.37. The van der Waals surface area contributed by atoms with E-state index in [4.69, 9.17) is 5.73 Å². The molecule has 4 aliphatic carbocycles. The van der Waals surface area contributed by atoms with Gasteiger partial charge in [0.15, 0.2) is 5.78 Å². The Hall–Kier alpha value is -2.98. The first kappa shape index (κ1) is 32.4. The van der Waals surface area contributed by atoms with Crippen molar-refractivity contribution in [2.24, 2.45) is 46.2 Å². The highest BCUT2D eigenvalue weighted by atomic mass is 16.2. The molecule has 244 valence electrons. The Bertz CT molecular complexity index is 1200. The maximum Gasteiger partial charge on any atom is 0.316 e. The number of carbonyl (C=O) groups is 6. The largest absolute Gasteiger partial charge is 0.363 e. The number of Topliss-reactive ketones (excluding diaryl/α,β-unsaturated/α-hetero) is 2. The molecule has 0 aromatic rings. The zero-order valence-corrected chi connectivity index (χ0v) is 26.9. The maximum atomic E-state index is 14.3. The number of likely N-dealkylation sites (tertiary alicyclic amines) is 1. The van der Waals surface area contributed by atoms with Crippen LogP contribution in [0.4, 0.5) is 4.79 Å². The number of carbonyl (C=O) groups excluding carboxylic acids is 6. The van der Waals surface area contributed by atoms with Crippen molar-refractivity contribution in [3.05, 3.63) is 0 Å². The Kier molecular flexibility index (Phi) is 8.90. The lowest BCUT2D eigenvalue weighted by Gasteiger charge is -2.38. The van der Waals surface area contributed by atoms with Gasteiger partial charge in [-0.1, -0.05) is 66.7 Å². The molecule has 5 rings (SSSR count). The standard InChI is InChI=1S/C33H51N5O6/c1-32(2,3)27(37-31(44)36-23(25(39)19-13-14-19)18-9-7-6-8-10-18)30(43)38-16-20-22(33(20,4)5)24(38)29(42)35-21(15-17-11-12-17)26(40)28(34)41/h17-24,27H,6-16H2,1-5H3,(H2,34,41)(H,35,42)(H2,36,37,44)/t20-,21?,22?,23-,24-,27+/m0/s1. The van der Waals surface area contributed by atoms with Crippen molar-refractivity contribution in [1.29, 1.82) is 0 Å². The minimum atomic E-state index is -1.09. The number of piperidine rings is 1. The smallest absolute Gasteiger partial charge is 0.316 e. The first-order chi connectivity index (χ1) is 20.6. The Morgan fingerprint density at radius 1 is 0.886 bits per heavy atom. The molecule has 5 fully saturated rings. The molecule has 5 N–H and O–H groups in total. The fraction of sp³-hybridized carbons (Fsp3) is 0.818. The number of nitrogens with one attached hydrogen (secondary N) is 3. The molecular formula is C33H51N5O6. The molecule has 2 unspecified atom stereocenters. The lowest BCUT2D eigenvalue weighted by atomic mass is 9.81. The first-order valence-corrected chi connectivity index (χ1v) is 16.7. The molecule has 0 bridgehead atoms. The van der Waals surface area contributed by atoms with Crippen molar-refractivity contribution in [3.63, 3.8) is 0 Å². The van der Waals surface area contributed by atoms with Gasteiger partial charge in [-0.25, -0.2) is 4.79 Å². The summed E-state index contributed by atoms with van der Waals surface area (Å²) in [5.41, 5.74) is 4.43. The minimum absolute atomic E-state index is 0.00593. The average molecular weight is 614 g/mol. The van der Waals surface area contributed by atoms with Gasteiger partial charge in [0.05, 0.1) is 12.1 Å². The van der Waals surface area contributed by atoms with E-state index in [1.54, 1.807) is 4.90 Å². The highest BCUT2D eigenvalue weighted by Crippen LogP contribution is 2.65. The maximum absolute atomic E-state index is 14.3. The summed E-state index contributed by atoms with van der Waals surface area (Å²) in [7, 11) is 0. The molecule has 5 aliphatic rings. The predicted octanol–water partition coefficient (Wildman–Crippen LogP) is 2.45. The molecular weight excluding hydrogens is 562 g/mol. The average Bonchev–Trinajstić information content (AvgIpc) is 3.91. The number of primary amides is 1. The van der Waals surface area contributed by atoms with Crippen molar-refractivity contribution < 1.29 is 28.8 Å². The van der Waals surface area contributed by atoms with E-state index in [0.717, 1.165) is 57.8 Å². The zero-order valence-electron chi connectivity index (χ0n) is 26.9. The number of urea groups is 1. The third-order valence-electron chi connectivity index (χ3n) is 11.0. The SMILES string of the molecule is CC(C)(C)[C@H](NC(=O)N[C@H](C(=O)C1CC1)C1CCCCC1)C(=O)N1C[C@H]2C([C@H]1C(=O)NC(CC1CC1)C(=O)C(N)=O)C2(C)C. The number of amides is 5. The van der Waals surface area contributed by atoms with E-state index in [9.17, 15) is 28.8 Å². The second-order valence-corrected chi connectivity index (χ2v) is 15.8. The number of nitrogens with zero attached hydrogens (tertiary/aromatic N) is 1. The third kappa shape index (κ3) is 6.81. The van der Waals surface area contributed by atoms with E-state index < -0.39 is 53.2 Å². The second-order valence-electron chi connectivity index (χ2n) is 15.8. The highest BCUT2D eigenvalue weighted by Gasteiger charge is 2.70. The normalized spacial score (nSPS) is 28.2. The van der Waals surface area contributed by atoms with Crippen LogP contribution in [0.2, 0.25) is 0 Å². The number of ketones is 2. The topological polar surface area (TPSA) is 168 Å². The quantitative estimate of drug-likeness (QED) is 0.247. The molecule has 1 aliphatic heterocycles. The third-order valence-corrected chi connectivity index (χ3v) is 11.0. The fourth-order valence-electron chi connectivity index (χ4n) is 7.80. The second kappa shape index (κ2) is 12.1. The van der Waals surface area contributed by atoms with Gasteiger partial charge in [0.2, 0.25) is 17.6 Å². The number of hydrogen-bond donors (Lipinski definition) is 4. The van der Waals surface area contributed by atoms with Crippen LogP contribution in [0, 0.1) is 40.4 Å². The lowest BCUT2D eigenvalue weighted by molar-refractivity contribution is -0.145. The van der Waals surface area contributed by atoms with Crippen molar-refractivity contribution in [2.45, 2.75) is 123 Å². The summed E-state index contributed by atoms with van der Waals surface area (Å²) in [5.74, 6) is -2.33. The molecule has 11 heteroatoms. The van der Waals surface area contributed by atoms with Gasteiger partial charge in [0.25, 0.3) is 5.91 Å². The van der Waals surface area contributed by atoms with Gasteiger partial charge in [-0.3, -0.25) is 24.0 Å². The Balaban J connectivity index is 1.32. The summed E-state index contributed by atoms with van der Waals surface area (Å²) in [6.07, 6.45) is 8.93. The van der Waals surface area contributed by atoms with Gasteiger partial charge in [0, 0.05) is 12.5 Å². The molecule has 0 radical (unpaired) electrons. The summed E-state index contributed by atoms with van der Waals surface area (Å²) in [4.78, 5) is 80.7. The van der Waals surface area contributed by atoms with Crippen LogP contribution in [0.1, 0.15) is 98.8 Å². The van der Waals surface area contributed by atoms with Gasteiger partial charge in [-0.2, -0.15) is 0 Å². The number of rotatable bonds is 12. The zero-order chi connectivity index (χ0) is 32.1. The van der Waals surface area contributed by atoms with Crippen LogP contribution in [0.25, 0.3) is 0 Å². The fourth-order valence-corrected chi connectivity index (χ4v) is 7.80. The Morgan fingerprint density at radius 3 is 2.07 bits per heavy atom. The summed E-state index contributed by atoms with van der Waals surface area (Å²) >= 11 is 0. The molecule has 6 atom stereocenters. The van der Waals surface area contributed by atoms with Gasteiger partial charge in [0.1, 0.15) is 12.1 Å². The van der Waals surface area contributed by atoms with E-state index >= 15 is 0 Å². The van der Waals surface area contributed by atoms with Crippen LogP contribution in [0.3, 0.4) is 0 Å².